The third kappa shape index (κ3) is 8.95. The summed E-state index contributed by atoms with van der Waals surface area (Å²) in [6.07, 6.45) is 32.3. The van der Waals surface area contributed by atoms with Gasteiger partial charge in [0.25, 0.3) is 0 Å². The Labute approximate surface area is 408 Å². The predicted molar refractivity (Wildman–Crippen MR) is 296 cm³/mol. The van der Waals surface area contributed by atoms with Crippen LogP contribution < -0.4 is 4.90 Å². The average molecular weight is 891 g/mol. The van der Waals surface area contributed by atoms with Crippen molar-refractivity contribution < 1.29 is 0 Å². The van der Waals surface area contributed by atoms with Gasteiger partial charge in [-0.1, -0.05) is 219 Å². The Morgan fingerprint density at radius 1 is 0.652 bits per heavy atom. The maximum Gasteiger partial charge on any atom is 0.0788 e. The van der Waals surface area contributed by atoms with Crippen molar-refractivity contribution in [3.8, 4) is 33.5 Å². The summed E-state index contributed by atoms with van der Waals surface area (Å²) in [5.41, 5.74) is 17.7. The first-order valence-corrected chi connectivity index (χ1v) is 24.5. The van der Waals surface area contributed by atoms with Gasteiger partial charge in [0, 0.05) is 39.7 Å². The number of rotatable bonds is 14. The van der Waals surface area contributed by atoms with Gasteiger partial charge in [-0.05, 0) is 131 Å². The fourth-order valence-electron chi connectivity index (χ4n) is 10.6. The van der Waals surface area contributed by atoms with E-state index in [1.165, 1.54) is 55.4 Å². The number of anilines is 2. The molecule has 0 saturated heterocycles. The summed E-state index contributed by atoms with van der Waals surface area (Å²) in [5.74, 6) is 0. The molecule has 0 unspecified atom stereocenters. The third-order valence-electron chi connectivity index (χ3n) is 13.9. The van der Waals surface area contributed by atoms with E-state index in [1.54, 1.807) is 0 Å². The molecule has 0 aliphatic heterocycles. The number of pyridine rings is 1. The number of benzene rings is 7. The maximum absolute atomic E-state index is 5.28. The summed E-state index contributed by atoms with van der Waals surface area (Å²) in [6.45, 7) is 9.27. The number of aromatic nitrogens is 1. The minimum Gasteiger partial charge on any atom is -0.337 e. The van der Waals surface area contributed by atoms with Gasteiger partial charge in [0.15, 0.2) is 0 Å². The molecule has 0 spiro atoms. The monoisotopic (exact) mass is 890 g/mol. The largest absolute Gasteiger partial charge is 0.337 e. The first-order chi connectivity index (χ1) is 34.1. The van der Waals surface area contributed by atoms with Crippen LogP contribution in [0.1, 0.15) is 55.4 Å². The highest BCUT2D eigenvalue weighted by Crippen LogP contribution is 2.54. The minimum absolute atomic E-state index is 0.360. The Hall–Kier alpha value is -8.07. The number of fused-ring (bicyclic) bond motifs is 6. The van der Waals surface area contributed by atoms with E-state index in [9.17, 15) is 0 Å². The second-order valence-corrected chi connectivity index (χ2v) is 18.1. The van der Waals surface area contributed by atoms with E-state index in [2.05, 4.69) is 262 Å². The molecule has 10 rings (SSSR count). The van der Waals surface area contributed by atoms with Crippen molar-refractivity contribution in [1.82, 2.24) is 4.98 Å². The van der Waals surface area contributed by atoms with Crippen molar-refractivity contribution in [1.29, 1.82) is 0 Å². The van der Waals surface area contributed by atoms with Gasteiger partial charge in [-0.25, -0.2) is 4.98 Å². The predicted octanol–water partition coefficient (Wildman–Crippen LogP) is 17.8. The van der Waals surface area contributed by atoms with E-state index < -0.39 is 0 Å². The second-order valence-electron chi connectivity index (χ2n) is 18.1. The Morgan fingerprint density at radius 3 is 2.12 bits per heavy atom. The summed E-state index contributed by atoms with van der Waals surface area (Å²) in [4.78, 5) is 7.81. The number of hydrogen-bond acceptors (Lipinski definition) is 2. The summed E-state index contributed by atoms with van der Waals surface area (Å²) in [7, 11) is 0. The van der Waals surface area contributed by atoms with Crippen molar-refractivity contribution >= 4 is 33.1 Å². The van der Waals surface area contributed by atoms with E-state index in [-0.39, 0.29) is 5.41 Å². The number of hydrogen-bond donors (Lipinski definition) is 0. The number of para-hydroxylation sites is 1. The molecule has 8 aromatic rings. The molecule has 0 atom stereocenters. The van der Waals surface area contributed by atoms with E-state index in [0.717, 1.165) is 70.2 Å². The molecule has 0 bridgehead atoms. The molecule has 2 aliphatic rings. The molecule has 1 heterocycles. The van der Waals surface area contributed by atoms with Crippen molar-refractivity contribution in [3.05, 3.63) is 283 Å². The van der Waals surface area contributed by atoms with Gasteiger partial charge in [-0.2, -0.15) is 0 Å². The number of allylic oxidation sites excluding steroid dienone is 14. The Bertz CT molecular complexity index is 3370. The summed E-state index contributed by atoms with van der Waals surface area (Å²) < 4.78 is 0. The van der Waals surface area contributed by atoms with Crippen molar-refractivity contribution in [2.45, 2.75) is 44.9 Å². The normalized spacial score (nSPS) is 16.0. The molecule has 336 valence electrons. The molecule has 69 heavy (non-hydrogen) atoms. The van der Waals surface area contributed by atoms with Crippen molar-refractivity contribution in [2.24, 2.45) is 0 Å². The van der Waals surface area contributed by atoms with E-state index in [1.807, 2.05) is 6.08 Å². The first kappa shape index (κ1) is 44.7. The fourth-order valence-corrected chi connectivity index (χ4v) is 10.6. The van der Waals surface area contributed by atoms with Crippen LogP contribution in [0.4, 0.5) is 11.4 Å². The molecule has 0 fully saturated rings. The van der Waals surface area contributed by atoms with Crippen LogP contribution in [0.5, 0.6) is 0 Å². The van der Waals surface area contributed by atoms with Crippen molar-refractivity contribution in [3.63, 3.8) is 0 Å². The highest BCUT2D eigenvalue weighted by atomic mass is 15.1. The van der Waals surface area contributed by atoms with Crippen LogP contribution in [0.3, 0.4) is 0 Å². The third-order valence-corrected chi connectivity index (χ3v) is 13.9. The van der Waals surface area contributed by atoms with Crippen LogP contribution in [-0.4, -0.2) is 11.5 Å². The Kier molecular flexibility index (Phi) is 13.3. The Balaban J connectivity index is 1.13. The van der Waals surface area contributed by atoms with Gasteiger partial charge in [0.1, 0.15) is 0 Å². The molecule has 2 nitrogen and oxygen atoms in total. The van der Waals surface area contributed by atoms with Gasteiger partial charge in [-0.3, -0.25) is 0 Å². The molecule has 2 heteroatoms. The second kappa shape index (κ2) is 20.4. The van der Waals surface area contributed by atoms with E-state index in [4.69, 9.17) is 4.98 Å². The summed E-state index contributed by atoms with van der Waals surface area (Å²) >= 11 is 0. The molecule has 0 N–H and O–H groups in total. The molecular weight excluding hydrogens is 833 g/mol. The van der Waals surface area contributed by atoms with Crippen LogP contribution in [0.2, 0.25) is 0 Å². The van der Waals surface area contributed by atoms with Crippen LogP contribution in [-0.2, 0) is 11.8 Å². The minimum atomic E-state index is -0.360. The zero-order valence-electron chi connectivity index (χ0n) is 39.7. The highest BCUT2D eigenvalue weighted by molar-refractivity contribution is 6.11. The smallest absolute Gasteiger partial charge is 0.0788 e. The van der Waals surface area contributed by atoms with Gasteiger partial charge >= 0.3 is 0 Å². The quantitative estimate of drug-likeness (QED) is 0.0799. The van der Waals surface area contributed by atoms with Gasteiger partial charge in [-0.15, -0.1) is 0 Å². The zero-order valence-corrected chi connectivity index (χ0v) is 39.7. The lowest BCUT2D eigenvalue weighted by molar-refractivity contribution is 0.699. The lowest BCUT2D eigenvalue weighted by atomic mass is 9.71. The molecule has 0 radical (unpaired) electrons. The van der Waals surface area contributed by atoms with Gasteiger partial charge < -0.3 is 4.90 Å². The standard InChI is InChI=1S/C67H58N2/c1-4-6-7-9-14-40-60-63(67(3)61-41-20-17-36-56(61)57-37-18-21-42-62(57)67)43-25-45-65(60)69(46-26-33-49(27-5-2)50-28-12-10-8-11-13-29-50)54-34-24-31-52(48-54)51-30-23-32-53(47-51)66-59-39-16-15-35-55(59)58-38-19-22-44-64(58)68-66/h4-7,9-10,12-13,15-39,41-45,47-48H,2,8,11,14,40,46H2,1,3H3/b6-4-,9-7-,12-10-,29-13-,33-26-,49-27+,50-28+. The lowest BCUT2D eigenvalue weighted by Crippen LogP contribution is -2.26. The Morgan fingerprint density at radius 2 is 1.32 bits per heavy atom. The summed E-state index contributed by atoms with van der Waals surface area (Å²) in [6, 6.07) is 60.1. The average Bonchev–Trinajstić information content (AvgIpc) is 3.65. The molecular formula is C67H58N2. The van der Waals surface area contributed by atoms with Crippen LogP contribution >= 0.6 is 0 Å². The summed E-state index contributed by atoms with van der Waals surface area (Å²) in [5, 5.41) is 3.54. The molecule has 0 saturated carbocycles. The van der Waals surface area contributed by atoms with Gasteiger partial charge in [0.05, 0.1) is 11.2 Å². The van der Waals surface area contributed by atoms with E-state index in [0.29, 0.717) is 6.54 Å². The molecule has 2 aliphatic carbocycles. The fraction of sp³-hybridized carbons (Fsp3) is 0.119. The van der Waals surface area contributed by atoms with E-state index >= 15 is 0 Å². The molecule has 1 aromatic heterocycles. The molecule has 7 aromatic carbocycles. The van der Waals surface area contributed by atoms with Crippen LogP contribution in [0.15, 0.2) is 261 Å². The SMILES string of the molecule is C=C/C=C(\C=C/CN(c1cccc(-c2cccc(-c3nc4ccccc4c4ccccc34)c2)c1)c1cccc(C2(C)c3ccccc3-c3ccccc32)c1CC/C=C\C=C/C)C1=C/C=C\CC/C=C\1. The zero-order chi connectivity index (χ0) is 47.0. The van der Waals surface area contributed by atoms with Gasteiger partial charge in [0.2, 0.25) is 0 Å². The highest BCUT2D eigenvalue weighted by Gasteiger charge is 2.42. The topological polar surface area (TPSA) is 16.1 Å². The van der Waals surface area contributed by atoms with Crippen LogP contribution in [0, 0.1) is 0 Å². The lowest BCUT2D eigenvalue weighted by Gasteiger charge is -2.34. The maximum atomic E-state index is 5.28. The van der Waals surface area contributed by atoms with Crippen molar-refractivity contribution in [2.75, 3.05) is 11.4 Å². The molecule has 0 amide bonds. The first-order valence-electron chi connectivity index (χ1n) is 24.5. The van der Waals surface area contributed by atoms with Crippen LogP contribution in [0.25, 0.3) is 55.2 Å². The number of nitrogens with zero attached hydrogens (tertiary/aromatic N) is 2.